The molecule has 1 aromatic heterocycles. The Kier molecular flexibility index (Phi) is 6.64. The molecular weight excluding hydrogens is 557 g/mol. The highest BCUT2D eigenvalue weighted by molar-refractivity contribution is 6.23. The molecule has 5 saturated heterocycles. The van der Waals surface area contributed by atoms with E-state index >= 15 is 4.39 Å². The van der Waals surface area contributed by atoms with Crippen LogP contribution in [-0.4, -0.2) is 95.2 Å². The number of halogens is 1. The minimum Gasteiger partial charge on any atom is -0.366 e. The molecule has 3 atom stereocenters. The second-order valence-corrected chi connectivity index (χ2v) is 12.1. The number of hydrogen-bond acceptors (Lipinski definition) is 9. The molecule has 1 aromatic carbocycles. The predicted molar refractivity (Wildman–Crippen MR) is 152 cm³/mol. The summed E-state index contributed by atoms with van der Waals surface area (Å²) in [6, 6.07) is 5.58. The van der Waals surface area contributed by atoms with Crippen LogP contribution in [0.4, 0.5) is 15.9 Å². The van der Waals surface area contributed by atoms with E-state index in [9.17, 15) is 24.0 Å². The molecule has 3 unspecified atom stereocenters. The SMILES string of the molecule is NC(=O)c1ccc(N2CCC(CN3C4CC3CN(c3cc5c(cc3F)C(=O)N(C3CCC(=O)NC3=O)C5=O)C4)CC2)nc1. The largest absolute Gasteiger partial charge is 0.366 e. The molecule has 3 N–H and O–H groups in total. The normalized spacial score (nSPS) is 26.0. The zero-order valence-electron chi connectivity index (χ0n) is 23.5. The van der Waals surface area contributed by atoms with Gasteiger partial charge in [0.15, 0.2) is 0 Å². The number of carbonyl (C=O) groups excluding carboxylic acids is 5. The molecule has 0 radical (unpaired) electrons. The molecule has 2 bridgehead atoms. The summed E-state index contributed by atoms with van der Waals surface area (Å²) in [4.78, 5) is 73.5. The number of rotatable bonds is 6. The predicted octanol–water partition coefficient (Wildman–Crippen LogP) is 0.900. The van der Waals surface area contributed by atoms with Crippen molar-refractivity contribution in [2.75, 3.05) is 42.5 Å². The molecule has 224 valence electrons. The molecule has 43 heavy (non-hydrogen) atoms. The number of hydrogen-bond donors (Lipinski definition) is 2. The average Bonchev–Trinajstić information content (AvgIpc) is 3.24. The summed E-state index contributed by atoms with van der Waals surface area (Å²) in [5, 5.41) is 2.18. The third-order valence-corrected chi connectivity index (χ3v) is 9.63. The zero-order valence-corrected chi connectivity index (χ0v) is 23.5. The number of benzene rings is 1. The van der Waals surface area contributed by atoms with Gasteiger partial charge in [-0.3, -0.25) is 39.1 Å². The van der Waals surface area contributed by atoms with Crippen molar-refractivity contribution in [1.29, 1.82) is 0 Å². The number of nitrogens with one attached hydrogen (secondary N) is 1. The Hall–Kier alpha value is -4.39. The number of carbonyl (C=O) groups is 5. The van der Waals surface area contributed by atoms with Crippen molar-refractivity contribution in [3.05, 3.63) is 53.0 Å². The second kappa shape index (κ2) is 10.4. The summed E-state index contributed by atoms with van der Waals surface area (Å²) in [6.45, 7) is 3.99. The highest BCUT2D eigenvalue weighted by atomic mass is 19.1. The van der Waals surface area contributed by atoms with E-state index in [0.717, 1.165) is 55.7 Å². The molecule has 6 aliphatic heterocycles. The van der Waals surface area contributed by atoms with Crippen molar-refractivity contribution in [2.45, 2.75) is 50.2 Å². The molecule has 5 fully saturated rings. The van der Waals surface area contributed by atoms with Gasteiger partial charge >= 0.3 is 0 Å². The lowest BCUT2D eigenvalue weighted by Crippen LogP contribution is -2.69. The van der Waals surface area contributed by atoms with Gasteiger partial charge in [-0.2, -0.15) is 0 Å². The van der Waals surface area contributed by atoms with Crippen molar-refractivity contribution in [3.8, 4) is 0 Å². The Morgan fingerprint density at radius 1 is 0.977 bits per heavy atom. The number of amides is 5. The van der Waals surface area contributed by atoms with E-state index in [2.05, 4.69) is 20.1 Å². The Labute approximate surface area is 247 Å². The van der Waals surface area contributed by atoms with Gasteiger partial charge in [-0.25, -0.2) is 9.37 Å². The minimum atomic E-state index is -1.08. The topological polar surface area (TPSA) is 149 Å². The lowest BCUT2D eigenvalue weighted by atomic mass is 9.84. The van der Waals surface area contributed by atoms with Gasteiger partial charge < -0.3 is 15.5 Å². The molecule has 8 rings (SSSR count). The standard InChI is InChI=1S/C30H32FN7O5/c31-22-10-20-21(30(43)38(29(20)42)23-2-4-26(39)34-28(23)41)11-24(22)36-14-18-9-19(15-36)37(18)13-16-5-7-35(8-6-16)25-3-1-17(12-33-25)27(32)40/h1,3,10-12,16,18-19,23H,2,4-9,13-15H2,(H2,32,40)(H,34,39,41). The summed E-state index contributed by atoms with van der Waals surface area (Å²) in [6.07, 6.45) is 4.69. The fraction of sp³-hybridized carbons (Fsp3) is 0.467. The first-order chi connectivity index (χ1) is 20.7. The summed E-state index contributed by atoms with van der Waals surface area (Å²) in [5.74, 6) is -2.16. The van der Waals surface area contributed by atoms with Gasteiger partial charge in [0, 0.05) is 57.4 Å². The van der Waals surface area contributed by atoms with E-state index in [4.69, 9.17) is 5.73 Å². The van der Waals surface area contributed by atoms with Gasteiger partial charge in [-0.05, 0) is 55.9 Å². The van der Waals surface area contributed by atoms with Crippen LogP contribution in [0.15, 0.2) is 30.5 Å². The number of imide groups is 2. The van der Waals surface area contributed by atoms with E-state index in [0.29, 0.717) is 30.3 Å². The first-order valence-electron chi connectivity index (χ1n) is 14.7. The van der Waals surface area contributed by atoms with Crippen LogP contribution in [0.1, 0.15) is 63.2 Å². The van der Waals surface area contributed by atoms with E-state index in [1.165, 1.54) is 12.3 Å². The third-order valence-electron chi connectivity index (χ3n) is 9.63. The van der Waals surface area contributed by atoms with Crippen molar-refractivity contribution in [2.24, 2.45) is 11.7 Å². The highest BCUT2D eigenvalue weighted by Gasteiger charge is 2.48. The Bertz CT molecular complexity index is 1530. The van der Waals surface area contributed by atoms with Crippen LogP contribution < -0.4 is 20.9 Å². The van der Waals surface area contributed by atoms with Crippen LogP contribution in [0.5, 0.6) is 0 Å². The molecule has 13 heteroatoms. The van der Waals surface area contributed by atoms with E-state index in [1.807, 2.05) is 11.0 Å². The number of primary amides is 1. The van der Waals surface area contributed by atoms with Gasteiger partial charge in [-0.1, -0.05) is 0 Å². The van der Waals surface area contributed by atoms with Crippen molar-refractivity contribution in [3.63, 3.8) is 0 Å². The summed E-state index contributed by atoms with van der Waals surface area (Å²) < 4.78 is 15.4. The van der Waals surface area contributed by atoms with Crippen LogP contribution in [0.25, 0.3) is 0 Å². The van der Waals surface area contributed by atoms with Crippen LogP contribution in [-0.2, 0) is 9.59 Å². The average molecular weight is 590 g/mol. The number of piperazine rings is 1. The third kappa shape index (κ3) is 4.71. The van der Waals surface area contributed by atoms with Crippen LogP contribution >= 0.6 is 0 Å². The van der Waals surface area contributed by atoms with Gasteiger partial charge in [0.05, 0.1) is 22.4 Å². The summed E-state index contributed by atoms with van der Waals surface area (Å²) in [5.41, 5.74) is 6.04. The number of fused-ring (bicyclic) bond motifs is 3. The number of aromatic nitrogens is 1. The molecule has 0 aliphatic carbocycles. The zero-order chi connectivity index (χ0) is 30.0. The smallest absolute Gasteiger partial charge is 0.262 e. The van der Waals surface area contributed by atoms with Gasteiger partial charge in [0.25, 0.3) is 11.8 Å². The number of anilines is 2. The molecule has 0 saturated carbocycles. The van der Waals surface area contributed by atoms with Gasteiger partial charge in [-0.15, -0.1) is 0 Å². The molecular formula is C30H32FN7O5. The summed E-state index contributed by atoms with van der Waals surface area (Å²) >= 11 is 0. The lowest BCUT2D eigenvalue weighted by Gasteiger charge is -2.58. The monoisotopic (exact) mass is 589 g/mol. The number of piperidine rings is 3. The van der Waals surface area contributed by atoms with Crippen LogP contribution in [0, 0.1) is 11.7 Å². The van der Waals surface area contributed by atoms with E-state index in [1.54, 1.807) is 6.07 Å². The van der Waals surface area contributed by atoms with E-state index in [-0.39, 0.29) is 36.1 Å². The fourth-order valence-corrected chi connectivity index (χ4v) is 7.27. The van der Waals surface area contributed by atoms with Crippen LogP contribution in [0.3, 0.4) is 0 Å². The summed E-state index contributed by atoms with van der Waals surface area (Å²) in [7, 11) is 0. The maximum atomic E-state index is 15.4. The maximum Gasteiger partial charge on any atom is 0.262 e. The van der Waals surface area contributed by atoms with E-state index < -0.39 is 41.4 Å². The minimum absolute atomic E-state index is 0.0268. The first-order valence-corrected chi connectivity index (χ1v) is 14.7. The maximum absolute atomic E-state index is 15.4. The van der Waals surface area contributed by atoms with Gasteiger partial charge in [0.1, 0.15) is 17.7 Å². The Balaban J connectivity index is 0.973. The second-order valence-electron chi connectivity index (χ2n) is 12.1. The van der Waals surface area contributed by atoms with Gasteiger partial charge in [0.2, 0.25) is 17.7 Å². The number of pyridine rings is 1. The molecule has 2 aromatic rings. The molecule has 12 nitrogen and oxygen atoms in total. The molecule has 0 spiro atoms. The fourth-order valence-electron chi connectivity index (χ4n) is 7.27. The van der Waals surface area contributed by atoms with Crippen molar-refractivity contribution < 1.29 is 28.4 Å². The van der Waals surface area contributed by atoms with Crippen molar-refractivity contribution >= 4 is 41.0 Å². The van der Waals surface area contributed by atoms with Crippen molar-refractivity contribution in [1.82, 2.24) is 20.1 Å². The first kappa shape index (κ1) is 27.4. The number of nitrogens with two attached hydrogens (primary N) is 1. The highest BCUT2D eigenvalue weighted by Crippen LogP contribution is 2.39. The Morgan fingerprint density at radius 3 is 2.30 bits per heavy atom. The molecule has 7 heterocycles. The lowest BCUT2D eigenvalue weighted by molar-refractivity contribution is -0.136. The van der Waals surface area contributed by atoms with Crippen LogP contribution in [0.2, 0.25) is 0 Å². The number of nitrogens with zero attached hydrogens (tertiary/aromatic N) is 5. The molecule has 6 aliphatic rings. The molecule has 5 amide bonds. The quantitative estimate of drug-likeness (QED) is 0.469. The Morgan fingerprint density at radius 2 is 1.67 bits per heavy atom.